The second-order valence-corrected chi connectivity index (χ2v) is 6.01. The molecule has 8 heteroatoms. The zero-order chi connectivity index (χ0) is 16.4. The quantitative estimate of drug-likeness (QED) is 0.578. The van der Waals surface area contributed by atoms with Gasteiger partial charge >= 0.3 is 11.9 Å². The summed E-state index contributed by atoms with van der Waals surface area (Å²) >= 11 is 5.31. The minimum Gasteiger partial charge on any atom is -0.460 e. The molecule has 0 aromatic rings. The molecule has 0 aromatic carbocycles. The highest BCUT2D eigenvalue weighted by Crippen LogP contribution is 2.38. The summed E-state index contributed by atoms with van der Waals surface area (Å²) in [6.45, 7) is 2.59. The van der Waals surface area contributed by atoms with Crippen LogP contribution in [0.5, 0.6) is 0 Å². The van der Waals surface area contributed by atoms with Crippen LogP contribution in [-0.2, 0) is 23.9 Å². The van der Waals surface area contributed by atoms with Crippen molar-refractivity contribution in [1.82, 2.24) is 4.90 Å². The lowest BCUT2D eigenvalue weighted by molar-refractivity contribution is -0.179. The lowest BCUT2D eigenvalue weighted by Gasteiger charge is -2.51. The number of piperidine rings is 2. The Balaban J connectivity index is 2.23. The van der Waals surface area contributed by atoms with Crippen LogP contribution >= 0.6 is 11.6 Å². The van der Waals surface area contributed by atoms with Crippen LogP contribution in [0.25, 0.3) is 0 Å². The normalized spacial score (nSPS) is 32.1. The third-order valence-corrected chi connectivity index (χ3v) is 4.33. The Morgan fingerprint density at radius 3 is 1.73 bits per heavy atom. The van der Waals surface area contributed by atoms with E-state index in [0.717, 1.165) is 0 Å². The van der Waals surface area contributed by atoms with Crippen LogP contribution in [0.1, 0.15) is 39.5 Å². The van der Waals surface area contributed by atoms with Gasteiger partial charge in [0.25, 0.3) is 11.5 Å². The summed E-state index contributed by atoms with van der Waals surface area (Å²) in [6.07, 6.45) is 1.03. The molecule has 1 unspecified atom stereocenters. The van der Waals surface area contributed by atoms with Crippen molar-refractivity contribution in [3.8, 4) is 0 Å². The number of halogens is 2. The molecule has 5 atom stereocenters. The SMILES string of the molecule is CC(=O)O[C@@H]1CC[C@@H]2[C@H](OC(C)=O)CC[C@H]1N2C(=O)C(F)Cl. The summed E-state index contributed by atoms with van der Waals surface area (Å²) in [6, 6.07) is -0.863. The summed E-state index contributed by atoms with van der Waals surface area (Å²) in [5.41, 5.74) is -2.17. The summed E-state index contributed by atoms with van der Waals surface area (Å²) in [7, 11) is 0. The van der Waals surface area contributed by atoms with E-state index in [-0.39, 0.29) is 0 Å². The van der Waals surface area contributed by atoms with Crippen molar-refractivity contribution < 1.29 is 28.2 Å². The highest BCUT2D eigenvalue weighted by molar-refractivity contribution is 6.29. The fraction of sp³-hybridized carbons (Fsp3) is 0.786. The molecular formula is C14H19ClFNO5. The molecule has 2 aliphatic heterocycles. The Morgan fingerprint density at radius 1 is 1.00 bits per heavy atom. The zero-order valence-electron chi connectivity index (χ0n) is 12.5. The van der Waals surface area contributed by atoms with E-state index in [2.05, 4.69) is 0 Å². The Labute approximate surface area is 132 Å². The molecule has 2 aliphatic rings. The molecule has 1 amide bonds. The third-order valence-electron chi connectivity index (χ3n) is 4.14. The van der Waals surface area contributed by atoms with Crippen LogP contribution in [0, 0.1) is 0 Å². The first-order chi connectivity index (χ1) is 10.3. The van der Waals surface area contributed by atoms with Gasteiger partial charge < -0.3 is 14.4 Å². The third kappa shape index (κ3) is 3.51. The second kappa shape index (κ2) is 6.81. The first kappa shape index (κ1) is 17.0. The van der Waals surface area contributed by atoms with Gasteiger partial charge in [-0.3, -0.25) is 14.4 Å². The molecule has 2 fully saturated rings. The molecule has 2 rings (SSSR count). The van der Waals surface area contributed by atoms with Gasteiger partial charge in [-0.2, -0.15) is 0 Å². The van der Waals surface area contributed by atoms with Crippen molar-refractivity contribution in [2.24, 2.45) is 0 Å². The average molecular weight is 336 g/mol. The molecule has 0 radical (unpaired) electrons. The number of hydrogen-bond donors (Lipinski definition) is 0. The molecule has 6 nitrogen and oxygen atoms in total. The Kier molecular flexibility index (Phi) is 5.26. The number of carbonyl (C=O) groups is 3. The molecule has 0 aliphatic carbocycles. The van der Waals surface area contributed by atoms with E-state index >= 15 is 0 Å². The molecular weight excluding hydrogens is 317 g/mol. The molecule has 0 N–H and O–H groups in total. The summed E-state index contributed by atoms with van der Waals surface area (Å²) in [4.78, 5) is 35.8. The van der Waals surface area contributed by atoms with Gasteiger partial charge in [-0.25, -0.2) is 4.39 Å². The monoisotopic (exact) mass is 335 g/mol. The summed E-state index contributed by atoms with van der Waals surface area (Å²) in [5.74, 6) is -1.76. The van der Waals surface area contributed by atoms with Gasteiger partial charge in [0.05, 0.1) is 12.1 Å². The molecule has 2 saturated heterocycles. The van der Waals surface area contributed by atoms with Crippen LogP contribution in [0.2, 0.25) is 0 Å². The van der Waals surface area contributed by atoms with Gasteiger partial charge in [-0.05, 0) is 25.7 Å². The van der Waals surface area contributed by atoms with Gasteiger partial charge in [0.2, 0.25) is 0 Å². The number of nitrogens with zero attached hydrogens (tertiary/aromatic N) is 1. The van der Waals surface area contributed by atoms with E-state index in [0.29, 0.717) is 25.7 Å². The molecule has 22 heavy (non-hydrogen) atoms. The molecule has 0 spiro atoms. The number of hydrogen-bond acceptors (Lipinski definition) is 5. The highest BCUT2D eigenvalue weighted by Gasteiger charge is 2.50. The standard InChI is InChI=1S/C14H19ClFNO5/c1-7(18)21-11-5-3-10-12(22-8(2)19)6-4-9(11)17(10)14(20)13(15)16/h9-13H,3-6H2,1-2H3/t9-,10-,11-,12-,13?/m1/s1. The van der Waals surface area contributed by atoms with Gasteiger partial charge in [-0.1, -0.05) is 11.6 Å². The molecule has 124 valence electrons. The van der Waals surface area contributed by atoms with Crippen molar-refractivity contribution in [2.75, 3.05) is 0 Å². The minimum absolute atomic E-state index is 0.432. The molecule has 2 bridgehead atoms. The van der Waals surface area contributed by atoms with Crippen LogP contribution in [0.4, 0.5) is 4.39 Å². The number of fused-ring (bicyclic) bond motifs is 2. The number of amides is 1. The predicted octanol–water partition coefficient (Wildman–Crippen LogP) is 1.54. The number of ether oxygens (including phenoxy) is 2. The van der Waals surface area contributed by atoms with Crippen LogP contribution < -0.4 is 0 Å². The summed E-state index contributed by atoms with van der Waals surface area (Å²) < 4.78 is 23.8. The fourth-order valence-corrected chi connectivity index (χ4v) is 3.56. The number of carbonyl (C=O) groups excluding carboxylic acids is 3. The topological polar surface area (TPSA) is 72.9 Å². The highest BCUT2D eigenvalue weighted by atomic mass is 35.5. The van der Waals surface area contributed by atoms with Gasteiger partial charge in [0.1, 0.15) is 12.2 Å². The van der Waals surface area contributed by atoms with E-state index in [4.69, 9.17) is 21.1 Å². The maximum atomic E-state index is 13.3. The predicted molar refractivity (Wildman–Crippen MR) is 74.7 cm³/mol. The van der Waals surface area contributed by atoms with Crippen LogP contribution in [0.15, 0.2) is 0 Å². The van der Waals surface area contributed by atoms with E-state index in [9.17, 15) is 18.8 Å². The van der Waals surface area contributed by atoms with Crippen molar-refractivity contribution >= 4 is 29.4 Å². The second-order valence-electron chi connectivity index (χ2n) is 5.63. The Hall–Kier alpha value is -1.37. The van der Waals surface area contributed by atoms with E-state index < -0.39 is 47.8 Å². The Bertz CT molecular complexity index is 440. The fourth-order valence-electron chi connectivity index (χ4n) is 3.45. The lowest BCUT2D eigenvalue weighted by atomic mass is 9.80. The number of esters is 2. The smallest absolute Gasteiger partial charge is 0.302 e. The van der Waals surface area contributed by atoms with Crippen LogP contribution in [-0.4, -0.2) is 52.7 Å². The van der Waals surface area contributed by atoms with Gasteiger partial charge in [0, 0.05) is 13.8 Å². The first-order valence-corrected chi connectivity index (χ1v) is 7.69. The number of alkyl halides is 2. The minimum atomic E-state index is -2.17. The molecule has 0 aromatic heterocycles. The van der Waals surface area contributed by atoms with Crippen molar-refractivity contribution in [3.63, 3.8) is 0 Å². The lowest BCUT2D eigenvalue weighted by Crippen LogP contribution is -2.64. The maximum absolute atomic E-state index is 13.3. The Morgan fingerprint density at radius 2 is 1.41 bits per heavy atom. The largest absolute Gasteiger partial charge is 0.460 e. The number of rotatable bonds is 3. The molecule has 0 saturated carbocycles. The maximum Gasteiger partial charge on any atom is 0.302 e. The van der Waals surface area contributed by atoms with Crippen molar-refractivity contribution in [2.45, 2.75) is 69.5 Å². The van der Waals surface area contributed by atoms with E-state index in [1.165, 1.54) is 18.7 Å². The first-order valence-electron chi connectivity index (χ1n) is 7.26. The van der Waals surface area contributed by atoms with Gasteiger partial charge in [0.15, 0.2) is 0 Å². The van der Waals surface area contributed by atoms with E-state index in [1.54, 1.807) is 0 Å². The zero-order valence-corrected chi connectivity index (χ0v) is 13.2. The van der Waals surface area contributed by atoms with Crippen molar-refractivity contribution in [1.29, 1.82) is 0 Å². The van der Waals surface area contributed by atoms with Gasteiger partial charge in [-0.15, -0.1) is 0 Å². The average Bonchev–Trinajstić information content (AvgIpc) is 2.41. The van der Waals surface area contributed by atoms with E-state index in [1.807, 2.05) is 0 Å². The summed E-state index contributed by atoms with van der Waals surface area (Å²) in [5, 5.41) is 0. The van der Waals surface area contributed by atoms with Crippen LogP contribution in [0.3, 0.4) is 0 Å². The van der Waals surface area contributed by atoms with Crippen molar-refractivity contribution in [3.05, 3.63) is 0 Å². The molecule has 2 heterocycles.